The average Bonchev–Trinajstić information content (AvgIpc) is 2.74. The van der Waals surface area contributed by atoms with Gasteiger partial charge in [0.25, 0.3) is 0 Å². The van der Waals surface area contributed by atoms with Crippen molar-refractivity contribution in [2.75, 3.05) is 13.2 Å². The lowest BCUT2D eigenvalue weighted by Crippen LogP contribution is -2.25. The van der Waals surface area contributed by atoms with Gasteiger partial charge < -0.3 is 9.47 Å². The SMILES string of the molecule is O=C(OCC1CCCCO1)c1ccc(Br)s1. The fourth-order valence-electron chi connectivity index (χ4n) is 1.60. The summed E-state index contributed by atoms with van der Waals surface area (Å²) in [6.45, 7) is 1.15. The van der Waals surface area contributed by atoms with Crippen molar-refractivity contribution in [2.45, 2.75) is 25.4 Å². The first-order chi connectivity index (χ1) is 7.75. The molecule has 3 nitrogen and oxygen atoms in total. The summed E-state index contributed by atoms with van der Waals surface area (Å²) in [7, 11) is 0. The minimum absolute atomic E-state index is 0.0844. The molecule has 5 heteroatoms. The van der Waals surface area contributed by atoms with E-state index < -0.39 is 0 Å². The Morgan fingerprint density at radius 3 is 3.06 bits per heavy atom. The van der Waals surface area contributed by atoms with Gasteiger partial charge in [0.2, 0.25) is 0 Å². The third-order valence-corrected chi connectivity index (χ3v) is 4.05. The molecule has 0 N–H and O–H groups in total. The van der Waals surface area contributed by atoms with Crippen LogP contribution in [0, 0.1) is 0 Å². The molecule has 1 aromatic heterocycles. The fourth-order valence-corrected chi connectivity index (χ4v) is 2.88. The molecule has 0 radical (unpaired) electrons. The Balaban J connectivity index is 1.79. The molecule has 2 rings (SSSR count). The summed E-state index contributed by atoms with van der Waals surface area (Å²) in [5.41, 5.74) is 0. The zero-order chi connectivity index (χ0) is 11.4. The largest absolute Gasteiger partial charge is 0.459 e. The van der Waals surface area contributed by atoms with Crippen molar-refractivity contribution >= 4 is 33.2 Å². The summed E-state index contributed by atoms with van der Waals surface area (Å²) < 4.78 is 11.6. The minimum Gasteiger partial charge on any atom is -0.459 e. The lowest BCUT2D eigenvalue weighted by atomic mass is 10.1. The van der Waals surface area contributed by atoms with Crippen molar-refractivity contribution < 1.29 is 14.3 Å². The van der Waals surface area contributed by atoms with Gasteiger partial charge in [0, 0.05) is 6.61 Å². The highest BCUT2D eigenvalue weighted by Crippen LogP contribution is 2.23. The van der Waals surface area contributed by atoms with Crippen LogP contribution >= 0.6 is 27.3 Å². The number of thiophene rings is 1. The molecule has 1 aliphatic heterocycles. The predicted molar refractivity (Wildman–Crippen MR) is 65.9 cm³/mol. The third kappa shape index (κ3) is 3.30. The number of carbonyl (C=O) groups is 1. The van der Waals surface area contributed by atoms with Crippen LogP contribution in [0.25, 0.3) is 0 Å². The number of carbonyl (C=O) groups excluding carboxylic acids is 1. The lowest BCUT2D eigenvalue weighted by molar-refractivity contribution is -0.0298. The second-order valence-corrected chi connectivity index (χ2v) is 6.15. The van der Waals surface area contributed by atoms with Crippen LogP contribution in [0.5, 0.6) is 0 Å². The van der Waals surface area contributed by atoms with E-state index in [0.717, 1.165) is 29.7 Å². The standard InChI is InChI=1S/C11H13BrO3S/c12-10-5-4-9(16-10)11(13)15-7-8-3-1-2-6-14-8/h4-5,8H,1-3,6-7H2. The van der Waals surface area contributed by atoms with Crippen LogP contribution in [0.15, 0.2) is 15.9 Å². The summed E-state index contributed by atoms with van der Waals surface area (Å²) >= 11 is 4.70. The molecule has 2 heterocycles. The molecule has 1 fully saturated rings. The highest BCUT2D eigenvalue weighted by molar-refractivity contribution is 9.11. The zero-order valence-corrected chi connectivity index (χ0v) is 11.2. The van der Waals surface area contributed by atoms with E-state index in [2.05, 4.69) is 15.9 Å². The summed E-state index contributed by atoms with van der Waals surface area (Å²) in [6.07, 6.45) is 3.34. The molecule has 1 unspecified atom stereocenters. The summed E-state index contributed by atoms with van der Waals surface area (Å²) in [6, 6.07) is 3.61. The van der Waals surface area contributed by atoms with Crippen molar-refractivity contribution in [1.29, 1.82) is 0 Å². The van der Waals surface area contributed by atoms with Crippen molar-refractivity contribution in [1.82, 2.24) is 0 Å². The molecule has 0 aliphatic carbocycles. The van der Waals surface area contributed by atoms with Gasteiger partial charge >= 0.3 is 5.97 Å². The molecule has 88 valence electrons. The van der Waals surface area contributed by atoms with Gasteiger partial charge in [0.05, 0.1) is 9.89 Å². The molecule has 0 amide bonds. The number of esters is 1. The predicted octanol–water partition coefficient (Wildman–Crippen LogP) is 3.24. The van der Waals surface area contributed by atoms with Gasteiger partial charge in [-0.2, -0.15) is 0 Å². The van der Waals surface area contributed by atoms with Crippen LogP contribution in [-0.4, -0.2) is 25.3 Å². The lowest BCUT2D eigenvalue weighted by Gasteiger charge is -2.21. The molecule has 1 aliphatic rings. The average molecular weight is 305 g/mol. The maximum Gasteiger partial charge on any atom is 0.348 e. The molecular weight excluding hydrogens is 292 g/mol. The third-order valence-electron chi connectivity index (χ3n) is 2.45. The van der Waals surface area contributed by atoms with E-state index in [4.69, 9.17) is 9.47 Å². The van der Waals surface area contributed by atoms with Crippen LogP contribution in [0.4, 0.5) is 0 Å². The van der Waals surface area contributed by atoms with Gasteiger partial charge in [0.1, 0.15) is 11.5 Å². The van der Waals surface area contributed by atoms with E-state index in [1.807, 2.05) is 6.07 Å². The van der Waals surface area contributed by atoms with E-state index >= 15 is 0 Å². The van der Waals surface area contributed by atoms with Crippen LogP contribution in [0.3, 0.4) is 0 Å². The second-order valence-electron chi connectivity index (χ2n) is 3.69. The summed E-state index contributed by atoms with van der Waals surface area (Å²) in [5.74, 6) is -0.259. The number of halogens is 1. The normalized spacial score (nSPS) is 20.7. The van der Waals surface area contributed by atoms with Gasteiger partial charge in [-0.15, -0.1) is 11.3 Å². The van der Waals surface area contributed by atoms with Gasteiger partial charge in [0.15, 0.2) is 0 Å². The first-order valence-corrected chi connectivity index (χ1v) is 6.91. The molecule has 0 saturated carbocycles. The summed E-state index contributed by atoms with van der Waals surface area (Å²) in [4.78, 5) is 12.2. The van der Waals surface area contributed by atoms with Crippen molar-refractivity contribution in [2.24, 2.45) is 0 Å². The number of ether oxygens (including phenoxy) is 2. The Labute approximate surface area is 107 Å². The topological polar surface area (TPSA) is 35.5 Å². The Kier molecular flexibility index (Phi) is 4.37. The van der Waals surface area contributed by atoms with Gasteiger partial charge in [-0.05, 0) is 47.3 Å². The minimum atomic E-state index is -0.259. The monoisotopic (exact) mass is 304 g/mol. The fraction of sp³-hybridized carbons (Fsp3) is 0.545. The molecular formula is C11H13BrO3S. The molecule has 0 bridgehead atoms. The maximum atomic E-state index is 11.6. The first kappa shape index (κ1) is 12.1. The second kappa shape index (κ2) is 5.80. The van der Waals surface area contributed by atoms with Crippen molar-refractivity contribution in [3.63, 3.8) is 0 Å². The van der Waals surface area contributed by atoms with Crippen LogP contribution in [0.2, 0.25) is 0 Å². The Morgan fingerprint density at radius 2 is 2.44 bits per heavy atom. The quantitative estimate of drug-likeness (QED) is 0.804. The van der Waals surface area contributed by atoms with E-state index in [0.29, 0.717) is 11.5 Å². The molecule has 0 spiro atoms. The Morgan fingerprint density at radius 1 is 1.56 bits per heavy atom. The smallest absolute Gasteiger partial charge is 0.348 e. The first-order valence-electron chi connectivity index (χ1n) is 5.30. The van der Waals surface area contributed by atoms with E-state index in [1.165, 1.54) is 11.3 Å². The van der Waals surface area contributed by atoms with Crippen LogP contribution < -0.4 is 0 Å². The maximum absolute atomic E-state index is 11.6. The van der Waals surface area contributed by atoms with E-state index in [-0.39, 0.29) is 12.1 Å². The Bertz CT molecular complexity index is 358. The highest BCUT2D eigenvalue weighted by atomic mass is 79.9. The molecule has 1 aromatic rings. The van der Waals surface area contributed by atoms with Crippen molar-refractivity contribution in [3.05, 3.63) is 20.8 Å². The number of rotatable bonds is 3. The van der Waals surface area contributed by atoms with Crippen molar-refractivity contribution in [3.8, 4) is 0 Å². The van der Waals surface area contributed by atoms with Gasteiger partial charge in [-0.1, -0.05) is 0 Å². The van der Waals surface area contributed by atoms with Gasteiger partial charge in [-0.3, -0.25) is 0 Å². The molecule has 0 aromatic carbocycles. The zero-order valence-electron chi connectivity index (χ0n) is 8.78. The number of hydrogen-bond donors (Lipinski definition) is 0. The van der Waals surface area contributed by atoms with Crippen LogP contribution in [0.1, 0.15) is 28.9 Å². The highest BCUT2D eigenvalue weighted by Gasteiger charge is 2.17. The van der Waals surface area contributed by atoms with Crippen LogP contribution in [-0.2, 0) is 9.47 Å². The molecule has 1 atom stereocenters. The molecule has 16 heavy (non-hydrogen) atoms. The van der Waals surface area contributed by atoms with E-state index in [9.17, 15) is 4.79 Å². The van der Waals surface area contributed by atoms with E-state index in [1.54, 1.807) is 6.07 Å². The number of hydrogen-bond acceptors (Lipinski definition) is 4. The molecule has 1 saturated heterocycles. The van der Waals surface area contributed by atoms with Gasteiger partial charge in [-0.25, -0.2) is 4.79 Å². The summed E-state index contributed by atoms with van der Waals surface area (Å²) in [5, 5.41) is 0. The Hall–Kier alpha value is -0.390.